The van der Waals surface area contributed by atoms with Crippen molar-refractivity contribution in [3.8, 4) is 17.2 Å². The predicted molar refractivity (Wildman–Crippen MR) is 168 cm³/mol. The van der Waals surface area contributed by atoms with E-state index in [9.17, 15) is 0 Å². The Hall–Kier alpha value is -4.56. The smallest absolute Gasteiger partial charge is 0.132 e. The maximum absolute atomic E-state index is 6.49. The molecule has 2 nitrogen and oxygen atoms in total. The molecule has 40 heavy (non-hydrogen) atoms. The summed E-state index contributed by atoms with van der Waals surface area (Å²) in [4.78, 5) is 0. The van der Waals surface area contributed by atoms with Crippen LogP contribution < -0.4 is 4.74 Å². The van der Waals surface area contributed by atoms with Gasteiger partial charge in [-0.15, -0.1) is 0 Å². The summed E-state index contributed by atoms with van der Waals surface area (Å²) < 4.78 is 8.89. The average Bonchev–Trinajstić information content (AvgIpc) is 3.31. The van der Waals surface area contributed by atoms with Crippen LogP contribution in [0.2, 0.25) is 0 Å². The lowest BCUT2D eigenvalue weighted by Gasteiger charge is -2.34. The largest absolute Gasteiger partial charge is 0.457 e. The van der Waals surface area contributed by atoms with Crippen molar-refractivity contribution in [1.29, 1.82) is 0 Å². The van der Waals surface area contributed by atoms with Gasteiger partial charge in [0.25, 0.3) is 0 Å². The number of benzene rings is 5. The van der Waals surface area contributed by atoms with E-state index in [0.29, 0.717) is 0 Å². The van der Waals surface area contributed by atoms with E-state index in [1.165, 1.54) is 49.6 Å². The van der Waals surface area contributed by atoms with E-state index in [1.54, 1.807) is 0 Å². The summed E-state index contributed by atoms with van der Waals surface area (Å²) in [6, 6.07) is 41.5. The van der Waals surface area contributed by atoms with Gasteiger partial charge >= 0.3 is 0 Å². The highest BCUT2D eigenvalue weighted by molar-refractivity contribution is 6.10. The zero-order valence-electron chi connectivity index (χ0n) is 23.3. The van der Waals surface area contributed by atoms with E-state index in [1.807, 2.05) is 0 Å². The van der Waals surface area contributed by atoms with Gasteiger partial charge in [-0.25, -0.2) is 0 Å². The molecule has 0 atom stereocenters. The van der Waals surface area contributed by atoms with E-state index in [-0.39, 0.29) is 5.41 Å². The summed E-state index contributed by atoms with van der Waals surface area (Å²) >= 11 is 0. The molecule has 0 spiro atoms. The number of hydrogen-bond donors (Lipinski definition) is 0. The molecular formula is C38H33NO. The molecular weight excluding hydrogens is 486 g/mol. The lowest BCUT2D eigenvalue weighted by Crippen LogP contribution is -2.24. The number of hydrogen-bond acceptors (Lipinski definition) is 1. The number of allylic oxidation sites excluding steroid dienone is 1. The second-order valence-corrected chi connectivity index (χ2v) is 11.3. The van der Waals surface area contributed by atoms with Gasteiger partial charge in [0.2, 0.25) is 0 Å². The van der Waals surface area contributed by atoms with Crippen molar-refractivity contribution >= 4 is 27.4 Å². The van der Waals surface area contributed by atoms with Crippen molar-refractivity contribution in [2.75, 3.05) is 0 Å². The molecule has 2 heterocycles. The van der Waals surface area contributed by atoms with Gasteiger partial charge in [-0.3, -0.25) is 0 Å². The highest BCUT2D eigenvalue weighted by Crippen LogP contribution is 2.50. The molecule has 0 saturated heterocycles. The van der Waals surface area contributed by atoms with E-state index in [0.717, 1.165) is 30.0 Å². The summed E-state index contributed by atoms with van der Waals surface area (Å²) in [6.07, 6.45) is 4.56. The lowest BCUT2D eigenvalue weighted by molar-refractivity contribution is 0.419. The molecule has 0 N–H and O–H groups in total. The van der Waals surface area contributed by atoms with E-state index in [2.05, 4.69) is 147 Å². The Kier molecular flexibility index (Phi) is 5.86. The van der Waals surface area contributed by atoms with E-state index in [4.69, 9.17) is 4.74 Å². The highest BCUT2D eigenvalue weighted by atomic mass is 16.5. The molecule has 5 aromatic carbocycles. The molecule has 1 aliphatic rings. The molecule has 0 aliphatic carbocycles. The quantitative estimate of drug-likeness (QED) is 0.221. The number of para-hydroxylation sites is 2. The van der Waals surface area contributed by atoms with Gasteiger partial charge in [0.15, 0.2) is 0 Å². The average molecular weight is 520 g/mol. The fourth-order valence-corrected chi connectivity index (χ4v) is 6.28. The first-order valence-electron chi connectivity index (χ1n) is 14.3. The molecule has 0 unspecified atom stereocenters. The zero-order valence-corrected chi connectivity index (χ0v) is 23.3. The zero-order chi connectivity index (χ0) is 27.3. The van der Waals surface area contributed by atoms with Crippen LogP contribution in [0.1, 0.15) is 55.9 Å². The molecule has 0 amide bonds. The number of ether oxygens (including phenoxy) is 1. The fourth-order valence-electron chi connectivity index (χ4n) is 6.28. The second kappa shape index (κ2) is 9.57. The van der Waals surface area contributed by atoms with Gasteiger partial charge in [0, 0.05) is 33.0 Å². The van der Waals surface area contributed by atoms with Crippen LogP contribution in [0.5, 0.6) is 11.5 Å². The van der Waals surface area contributed by atoms with Gasteiger partial charge in [-0.2, -0.15) is 0 Å². The minimum atomic E-state index is -0.168. The second-order valence-electron chi connectivity index (χ2n) is 11.3. The Bertz CT molecular complexity index is 1890. The van der Waals surface area contributed by atoms with Crippen molar-refractivity contribution in [3.05, 3.63) is 144 Å². The minimum Gasteiger partial charge on any atom is -0.457 e. The van der Waals surface area contributed by atoms with Crippen molar-refractivity contribution < 1.29 is 4.74 Å². The summed E-state index contributed by atoms with van der Waals surface area (Å²) in [5.74, 6) is 1.90. The van der Waals surface area contributed by atoms with Gasteiger partial charge in [0.05, 0.1) is 11.0 Å². The van der Waals surface area contributed by atoms with Crippen LogP contribution >= 0.6 is 0 Å². The number of unbranched alkanes of at least 4 members (excludes halogenated alkanes) is 1. The van der Waals surface area contributed by atoms with Gasteiger partial charge in [-0.05, 0) is 59.5 Å². The predicted octanol–water partition coefficient (Wildman–Crippen LogP) is 10.4. The number of fused-ring (bicyclic) bond motifs is 5. The Morgan fingerprint density at radius 3 is 2.17 bits per heavy atom. The molecule has 7 rings (SSSR count). The third kappa shape index (κ3) is 3.86. The first kappa shape index (κ1) is 24.5. The lowest BCUT2D eigenvalue weighted by atomic mass is 9.75. The highest BCUT2D eigenvalue weighted by Gasteiger charge is 2.35. The van der Waals surface area contributed by atoms with Crippen LogP contribution in [0.15, 0.2) is 121 Å². The van der Waals surface area contributed by atoms with Crippen LogP contribution in [0, 0.1) is 0 Å². The van der Waals surface area contributed by atoms with Crippen molar-refractivity contribution in [2.24, 2.45) is 0 Å². The number of aromatic nitrogens is 1. The first-order valence-corrected chi connectivity index (χ1v) is 14.3. The summed E-state index contributed by atoms with van der Waals surface area (Å²) in [5, 5.41) is 2.44. The normalized spacial score (nSPS) is 14.1. The maximum Gasteiger partial charge on any atom is 0.132 e. The maximum atomic E-state index is 6.49. The van der Waals surface area contributed by atoms with Crippen molar-refractivity contribution in [3.63, 3.8) is 0 Å². The molecule has 196 valence electrons. The molecule has 1 aromatic heterocycles. The molecule has 0 radical (unpaired) electrons. The Morgan fingerprint density at radius 1 is 0.675 bits per heavy atom. The Labute approximate surface area is 236 Å². The van der Waals surface area contributed by atoms with Gasteiger partial charge in [-0.1, -0.05) is 112 Å². The summed E-state index contributed by atoms with van der Waals surface area (Å²) in [5.41, 5.74) is 9.63. The van der Waals surface area contributed by atoms with Gasteiger partial charge in [0.1, 0.15) is 11.5 Å². The summed E-state index contributed by atoms with van der Waals surface area (Å²) in [6.45, 7) is 6.83. The fraction of sp³-hybridized carbons (Fsp3) is 0.158. The monoisotopic (exact) mass is 519 g/mol. The molecule has 1 aliphatic heterocycles. The summed E-state index contributed by atoms with van der Waals surface area (Å²) in [7, 11) is 0. The minimum absolute atomic E-state index is 0.168. The van der Waals surface area contributed by atoms with Crippen molar-refractivity contribution in [2.45, 2.75) is 39.0 Å². The standard InChI is InChI=1S/C38H33NO/c1-4-5-15-29(26-13-7-6-8-14-26)27-20-22-28(23-21-27)39-34-18-11-9-16-30(34)31-24-37-33(25-35(31)39)38(2,3)32-17-10-12-19-36(32)40-37/h6-25H,4-5H2,1-3H3/b29-15+. The Balaban J connectivity index is 1.40. The Morgan fingerprint density at radius 2 is 1.38 bits per heavy atom. The van der Waals surface area contributed by atoms with Crippen LogP contribution in [0.25, 0.3) is 33.1 Å². The van der Waals surface area contributed by atoms with Crippen LogP contribution in [-0.2, 0) is 5.41 Å². The number of rotatable bonds is 5. The third-order valence-electron chi connectivity index (χ3n) is 8.39. The molecule has 6 aromatic rings. The van der Waals surface area contributed by atoms with Crippen molar-refractivity contribution in [1.82, 2.24) is 4.57 Å². The van der Waals surface area contributed by atoms with Crippen LogP contribution in [0.4, 0.5) is 0 Å². The van der Waals surface area contributed by atoms with Crippen LogP contribution in [-0.4, -0.2) is 4.57 Å². The third-order valence-corrected chi connectivity index (χ3v) is 8.39. The van der Waals surface area contributed by atoms with Gasteiger partial charge < -0.3 is 9.30 Å². The molecule has 0 fully saturated rings. The topological polar surface area (TPSA) is 14.2 Å². The molecule has 0 saturated carbocycles. The molecule has 2 heteroatoms. The van der Waals surface area contributed by atoms with E-state index < -0.39 is 0 Å². The molecule has 0 bridgehead atoms. The number of nitrogens with zero attached hydrogens (tertiary/aromatic N) is 1. The first-order chi connectivity index (χ1) is 19.6. The SMILES string of the molecule is CCC/C=C(\c1ccccc1)c1ccc(-n2c3ccccc3c3cc4c(cc32)C(C)(C)c2ccccc2O4)cc1. The van der Waals surface area contributed by atoms with E-state index >= 15 is 0 Å². The van der Waals surface area contributed by atoms with Crippen LogP contribution in [0.3, 0.4) is 0 Å².